The molecule has 4 rings (SSSR count). The SMILES string of the molecule is Cc1cc(C(F)(F)F)n2nc([C@@H]3CCN(C(=O)[C@@H](C)c4ccccc4)C3)cc2n1. The molecule has 29 heavy (non-hydrogen) atoms. The number of hydrogen-bond acceptors (Lipinski definition) is 3. The Hall–Kier alpha value is -2.90. The molecule has 2 atom stereocenters. The maximum Gasteiger partial charge on any atom is 0.433 e. The number of likely N-dealkylation sites (tertiary alicyclic amines) is 1. The summed E-state index contributed by atoms with van der Waals surface area (Å²) in [5.74, 6) is -0.352. The first-order valence-corrected chi connectivity index (χ1v) is 9.52. The van der Waals surface area contributed by atoms with E-state index in [1.807, 2.05) is 37.3 Å². The summed E-state index contributed by atoms with van der Waals surface area (Å²) in [6.45, 7) is 4.41. The van der Waals surface area contributed by atoms with Crippen LogP contribution in [0.3, 0.4) is 0 Å². The number of halogens is 3. The summed E-state index contributed by atoms with van der Waals surface area (Å²) in [5.41, 5.74) is 1.11. The molecule has 1 aromatic carbocycles. The van der Waals surface area contributed by atoms with Gasteiger partial charge in [0, 0.05) is 30.8 Å². The monoisotopic (exact) mass is 402 g/mol. The summed E-state index contributed by atoms with van der Waals surface area (Å²) in [6, 6.07) is 12.1. The summed E-state index contributed by atoms with van der Waals surface area (Å²) >= 11 is 0. The summed E-state index contributed by atoms with van der Waals surface area (Å²) in [4.78, 5) is 18.8. The standard InChI is InChI=1S/C21H21F3N4O/c1-13-10-18(21(22,23)24)28-19(25-13)11-17(26-28)16-8-9-27(12-16)20(29)14(2)15-6-4-3-5-7-15/h3-7,10-11,14,16H,8-9,12H2,1-2H3/t14-,16+/m0/s1. The molecule has 3 aromatic rings. The van der Waals surface area contributed by atoms with Gasteiger partial charge in [-0.1, -0.05) is 30.3 Å². The van der Waals surface area contributed by atoms with Gasteiger partial charge in [-0.3, -0.25) is 4.79 Å². The van der Waals surface area contributed by atoms with Crippen LogP contribution in [-0.2, 0) is 11.0 Å². The highest BCUT2D eigenvalue weighted by Gasteiger charge is 2.36. The Bertz CT molecular complexity index is 1050. The van der Waals surface area contributed by atoms with Crippen LogP contribution in [0.25, 0.3) is 5.65 Å². The van der Waals surface area contributed by atoms with Crippen molar-refractivity contribution in [2.24, 2.45) is 0 Å². The number of rotatable bonds is 3. The molecule has 1 aliphatic rings. The molecule has 2 aromatic heterocycles. The molecule has 1 amide bonds. The average Bonchev–Trinajstić information content (AvgIpc) is 3.33. The molecule has 0 bridgehead atoms. The van der Waals surface area contributed by atoms with Gasteiger partial charge in [0.25, 0.3) is 0 Å². The molecule has 152 valence electrons. The van der Waals surface area contributed by atoms with Gasteiger partial charge >= 0.3 is 6.18 Å². The van der Waals surface area contributed by atoms with Gasteiger partial charge in [-0.15, -0.1) is 0 Å². The van der Waals surface area contributed by atoms with Crippen molar-refractivity contribution in [3.63, 3.8) is 0 Å². The van der Waals surface area contributed by atoms with Crippen molar-refractivity contribution >= 4 is 11.6 Å². The zero-order chi connectivity index (χ0) is 20.8. The molecule has 1 saturated heterocycles. The van der Waals surface area contributed by atoms with Gasteiger partial charge < -0.3 is 4.90 Å². The minimum Gasteiger partial charge on any atom is -0.341 e. The van der Waals surface area contributed by atoms with Crippen LogP contribution in [0.4, 0.5) is 13.2 Å². The zero-order valence-electron chi connectivity index (χ0n) is 16.1. The van der Waals surface area contributed by atoms with Gasteiger partial charge in [0.15, 0.2) is 5.65 Å². The Balaban J connectivity index is 1.56. The van der Waals surface area contributed by atoms with Crippen molar-refractivity contribution in [2.75, 3.05) is 13.1 Å². The number of fused-ring (bicyclic) bond motifs is 1. The van der Waals surface area contributed by atoms with E-state index in [-0.39, 0.29) is 29.1 Å². The molecule has 8 heteroatoms. The van der Waals surface area contributed by atoms with Crippen LogP contribution in [0, 0.1) is 6.92 Å². The number of aromatic nitrogens is 3. The number of amides is 1. The van der Waals surface area contributed by atoms with E-state index in [2.05, 4.69) is 10.1 Å². The maximum absolute atomic E-state index is 13.4. The zero-order valence-corrected chi connectivity index (χ0v) is 16.1. The molecular formula is C21H21F3N4O. The highest BCUT2D eigenvalue weighted by Crippen LogP contribution is 2.33. The topological polar surface area (TPSA) is 50.5 Å². The number of aryl methyl sites for hydroxylation is 1. The quantitative estimate of drug-likeness (QED) is 0.661. The van der Waals surface area contributed by atoms with Gasteiger partial charge in [0.1, 0.15) is 5.69 Å². The molecule has 0 aliphatic carbocycles. The third-order valence-corrected chi connectivity index (χ3v) is 5.45. The van der Waals surface area contributed by atoms with Gasteiger partial charge in [-0.2, -0.15) is 18.3 Å². The average molecular weight is 402 g/mol. The Labute approximate surface area is 166 Å². The molecule has 0 radical (unpaired) electrons. The van der Waals surface area contributed by atoms with E-state index in [0.717, 1.165) is 16.1 Å². The second-order valence-corrected chi connectivity index (χ2v) is 7.52. The first-order valence-electron chi connectivity index (χ1n) is 9.52. The van der Waals surface area contributed by atoms with Gasteiger partial charge in [-0.25, -0.2) is 9.50 Å². The summed E-state index contributed by atoms with van der Waals surface area (Å²) in [6.07, 6.45) is -3.85. The second kappa shape index (κ2) is 7.17. The predicted octanol–water partition coefficient (Wildman–Crippen LogP) is 4.18. The smallest absolute Gasteiger partial charge is 0.341 e. The molecular weight excluding hydrogens is 381 g/mol. The van der Waals surface area contributed by atoms with E-state index in [0.29, 0.717) is 25.2 Å². The lowest BCUT2D eigenvalue weighted by Gasteiger charge is -2.21. The van der Waals surface area contributed by atoms with Crippen LogP contribution in [0.2, 0.25) is 0 Å². The lowest BCUT2D eigenvalue weighted by Crippen LogP contribution is -2.32. The number of carbonyl (C=O) groups is 1. The lowest BCUT2D eigenvalue weighted by atomic mass is 10.00. The molecule has 0 N–H and O–H groups in total. The normalized spacial score (nSPS) is 18.4. The summed E-state index contributed by atoms with van der Waals surface area (Å²) in [5, 5.41) is 4.20. The number of nitrogens with zero attached hydrogens (tertiary/aromatic N) is 4. The van der Waals surface area contributed by atoms with Crippen molar-refractivity contribution in [3.8, 4) is 0 Å². The van der Waals surface area contributed by atoms with Crippen LogP contribution >= 0.6 is 0 Å². The minimum atomic E-state index is -4.52. The highest BCUT2D eigenvalue weighted by molar-refractivity contribution is 5.83. The predicted molar refractivity (Wildman–Crippen MR) is 102 cm³/mol. The van der Waals surface area contributed by atoms with E-state index >= 15 is 0 Å². The van der Waals surface area contributed by atoms with E-state index in [4.69, 9.17) is 0 Å². The van der Waals surface area contributed by atoms with E-state index in [9.17, 15) is 18.0 Å². The van der Waals surface area contributed by atoms with E-state index in [1.54, 1.807) is 11.0 Å². The third kappa shape index (κ3) is 3.71. The number of hydrogen-bond donors (Lipinski definition) is 0. The number of alkyl halides is 3. The first-order chi connectivity index (χ1) is 13.7. The first kappa shape index (κ1) is 19.4. The van der Waals surface area contributed by atoms with Gasteiger partial charge in [0.2, 0.25) is 5.91 Å². The van der Waals surface area contributed by atoms with Crippen molar-refractivity contribution in [2.45, 2.75) is 38.3 Å². The van der Waals surface area contributed by atoms with Crippen LogP contribution < -0.4 is 0 Å². The Morgan fingerprint density at radius 1 is 1.21 bits per heavy atom. The molecule has 0 saturated carbocycles. The Morgan fingerprint density at radius 2 is 1.93 bits per heavy atom. The fourth-order valence-corrected chi connectivity index (χ4v) is 3.88. The molecule has 3 heterocycles. The fourth-order valence-electron chi connectivity index (χ4n) is 3.88. The minimum absolute atomic E-state index is 0.0208. The Kier molecular flexibility index (Phi) is 4.80. The maximum atomic E-state index is 13.4. The fraction of sp³-hybridized carbons (Fsp3) is 0.381. The highest BCUT2D eigenvalue weighted by atomic mass is 19.4. The molecule has 1 fully saturated rings. The number of carbonyl (C=O) groups excluding carboxylic acids is 1. The van der Waals surface area contributed by atoms with Crippen LogP contribution in [0.5, 0.6) is 0 Å². The summed E-state index contributed by atoms with van der Waals surface area (Å²) in [7, 11) is 0. The number of benzene rings is 1. The van der Waals surface area contributed by atoms with Crippen molar-refractivity contribution in [1.29, 1.82) is 0 Å². The van der Waals surface area contributed by atoms with Crippen molar-refractivity contribution < 1.29 is 18.0 Å². The summed E-state index contributed by atoms with van der Waals surface area (Å²) < 4.78 is 40.9. The van der Waals surface area contributed by atoms with Crippen LogP contribution in [-0.4, -0.2) is 38.5 Å². The molecule has 5 nitrogen and oxygen atoms in total. The second-order valence-electron chi connectivity index (χ2n) is 7.52. The lowest BCUT2D eigenvalue weighted by molar-refractivity contribution is -0.142. The molecule has 0 unspecified atom stereocenters. The van der Waals surface area contributed by atoms with Crippen LogP contribution in [0.15, 0.2) is 42.5 Å². The van der Waals surface area contributed by atoms with Crippen molar-refractivity contribution in [1.82, 2.24) is 19.5 Å². The van der Waals surface area contributed by atoms with Gasteiger partial charge in [0.05, 0.1) is 11.6 Å². The third-order valence-electron chi connectivity index (χ3n) is 5.45. The largest absolute Gasteiger partial charge is 0.433 e. The van der Waals surface area contributed by atoms with Crippen molar-refractivity contribution in [3.05, 3.63) is 65.1 Å². The van der Waals surface area contributed by atoms with E-state index < -0.39 is 11.9 Å². The van der Waals surface area contributed by atoms with Crippen LogP contribution in [0.1, 0.15) is 47.8 Å². The van der Waals surface area contributed by atoms with Gasteiger partial charge in [-0.05, 0) is 31.9 Å². The molecule has 0 spiro atoms. The molecule has 1 aliphatic heterocycles. The van der Waals surface area contributed by atoms with E-state index in [1.165, 1.54) is 6.92 Å². The Morgan fingerprint density at radius 3 is 2.62 bits per heavy atom.